The van der Waals surface area contributed by atoms with Gasteiger partial charge in [-0.15, -0.1) is 0 Å². The van der Waals surface area contributed by atoms with E-state index in [-0.39, 0.29) is 17.3 Å². The van der Waals surface area contributed by atoms with E-state index >= 15 is 0 Å². The number of rotatable bonds is 4. The lowest BCUT2D eigenvalue weighted by Gasteiger charge is -2.43. The third kappa shape index (κ3) is 2.75. The van der Waals surface area contributed by atoms with Crippen LogP contribution in [-0.2, 0) is 5.54 Å². The summed E-state index contributed by atoms with van der Waals surface area (Å²) in [5, 5.41) is 0. The predicted molar refractivity (Wildman–Crippen MR) is 74.6 cm³/mol. The van der Waals surface area contributed by atoms with Gasteiger partial charge in [0.1, 0.15) is 17.8 Å². The number of benzene rings is 1. The van der Waals surface area contributed by atoms with Gasteiger partial charge < -0.3 is 0 Å². The van der Waals surface area contributed by atoms with Crippen molar-refractivity contribution in [3.8, 4) is 0 Å². The highest BCUT2D eigenvalue weighted by Crippen LogP contribution is 2.40. The highest BCUT2D eigenvalue weighted by atomic mass is 19.1. The Morgan fingerprint density at radius 3 is 2.52 bits per heavy atom. The van der Waals surface area contributed by atoms with Crippen LogP contribution in [0.4, 0.5) is 4.39 Å². The zero-order valence-electron chi connectivity index (χ0n) is 11.3. The van der Waals surface area contributed by atoms with Crippen LogP contribution in [0.1, 0.15) is 35.3 Å². The van der Waals surface area contributed by atoms with E-state index in [1.165, 1.54) is 24.7 Å². The summed E-state index contributed by atoms with van der Waals surface area (Å²) in [6.45, 7) is 0. The van der Waals surface area contributed by atoms with Gasteiger partial charge in [0.25, 0.3) is 5.91 Å². The Balaban J connectivity index is 1.70. The summed E-state index contributed by atoms with van der Waals surface area (Å²) in [6, 6.07) is 7.91. The van der Waals surface area contributed by atoms with Crippen LogP contribution in [-0.4, -0.2) is 15.9 Å². The van der Waals surface area contributed by atoms with Crippen molar-refractivity contribution in [2.45, 2.75) is 24.8 Å². The SMILES string of the molecule is O=C(NNC1(c2ccc(F)cc2)CCC1)c1ccncn1. The van der Waals surface area contributed by atoms with Crippen LogP contribution in [0.25, 0.3) is 0 Å². The lowest BCUT2D eigenvalue weighted by atomic mass is 9.72. The molecule has 0 spiro atoms. The molecular weight excluding hydrogens is 271 g/mol. The first-order valence-electron chi connectivity index (χ1n) is 6.79. The van der Waals surface area contributed by atoms with Crippen LogP contribution in [0, 0.1) is 5.82 Å². The predicted octanol–water partition coefficient (Wildman–Crippen LogP) is 1.93. The van der Waals surface area contributed by atoms with Gasteiger partial charge in [0.05, 0.1) is 5.54 Å². The first-order valence-corrected chi connectivity index (χ1v) is 6.79. The Hall–Kier alpha value is -2.34. The fourth-order valence-corrected chi connectivity index (χ4v) is 2.45. The summed E-state index contributed by atoms with van der Waals surface area (Å²) in [6.07, 6.45) is 5.69. The summed E-state index contributed by atoms with van der Waals surface area (Å²) >= 11 is 0. The molecule has 5 nitrogen and oxygen atoms in total. The molecule has 1 heterocycles. The van der Waals surface area contributed by atoms with Crippen molar-refractivity contribution in [3.63, 3.8) is 0 Å². The molecule has 1 aliphatic rings. The highest BCUT2D eigenvalue weighted by molar-refractivity contribution is 5.91. The minimum absolute atomic E-state index is 0.266. The number of carbonyl (C=O) groups excluding carboxylic acids is 1. The summed E-state index contributed by atoms with van der Waals surface area (Å²) in [4.78, 5) is 19.7. The Morgan fingerprint density at radius 1 is 1.19 bits per heavy atom. The molecular formula is C15H15FN4O. The number of hydrogen-bond acceptors (Lipinski definition) is 4. The number of aromatic nitrogens is 2. The van der Waals surface area contributed by atoms with Crippen LogP contribution in [0.3, 0.4) is 0 Å². The second-order valence-corrected chi connectivity index (χ2v) is 5.12. The molecule has 0 saturated heterocycles. The average Bonchev–Trinajstić information content (AvgIpc) is 2.48. The van der Waals surface area contributed by atoms with Crippen molar-refractivity contribution in [2.24, 2.45) is 0 Å². The fourth-order valence-electron chi connectivity index (χ4n) is 2.45. The maximum Gasteiger partial charge on any atom is 0.284 e. The monoisotopic (exact) mass is 286 g/mol. The molecule has 1 amide bonds. The van der Waals surface area contributed by atoms with Crippen LogP contribution in [0.15, 0.2) is 42.9 Å². The van der Waals surface area contributed by atoms with Crippen LogP contribution < -0.4 is 10.9 Å². The summed E-state index contributed by atoms with van der Waals surface area (Å²) in [5.74, 6) is -0.580. The van der Waals surface area contributed by atoms with E-state index in [1.54, 1.807) is 18.2 Å². The van der Waals surface area contributed by atoms with Gasteiger partial charge in [-0.1, -0.05) is 12.1 Å². The molecule has 0 unspecified atom stereocenters. The van der Waals surface area contributed by atoms with Crippen molar-refractivity contribution in [1.29, 1.82) is 0 Å². The molecule has 0 bridgehead atoms. The minimum Gasteiger partial charge on any atom is -0.285 e. The molecule has 3 rings (SSSR count). The van der Waals surface area contributed by atoms with Crippen LogP contribution in [0.5, 0.6) is 0 Å². The number of hydrogen-bond donors (Lipinski definition) is 2. The summed E-state index contributed by atoms with van der Waals surface area (Å²) in [5.41, 5.74) is 6.71. The third-order valence-electron chi connectivity index (χ3n) is 3.83. The topological polar surface area (TPSA) is 66.9 Å². The van der Waals surface area contributed by atoms with Gasteiger partial charge in [0.15, 0.2) is 0 Å². The zero-order chi connectivity index (χ0) is 14.7. The largest absolute Gasteiger partial charge is 0.285 e. The molecule has 108 valence electrons. The molecule has 0 aliphatic heterocycles. The van der Waals surface area contributed by atoms with Gasteiger partial charge in [-0.25, -0.2) is 19.8 Å². The molecule has 1 aromatic carbocycles. The van der Waals surface area contributed by atoms with Gasteiger partial charge in [-0.2, -0.15) is 0 Å². The number of carbonyl (C=O) groups is 1. The minimum atomic E-state index is -0.323. The Bertz CT molecular complexity index is 626. The first-order chi connectivity index (χ1) is 10.2. The first kappa shape index (κ1) is 13.6. The second-order valence-electron chi connectivity index (χ2n) is 5.12. The lowest BCUT2D eigenvalue weighted by Crippen LogP contribution is -2.55. The highest BCUT2D eigenvalue weighted by Gasteiger charge is 2.39. The van der Waals surface area contributed by atoms with Crippen LogP contribution >= 0.6 is 0 Å². The Morgan fingerprint density at radius 2 is 1.95 bits per heavy atom. The maximum atomic E-state index is 13.0. The molecule has 1 aromatic heterocycles. The second kappa shape index (κ2) is 5.57. The molecule has 0 atom stereocenters. The number of nitrogens with zero attached hydrogens (tertiary/aromatic N) is 2. The standard InChI is InChI=1S/C15H15FN4O/c16-12-4-2-11(3-5-12)15(7-1-8-15)20-19-14(21)13-6-9-17-10-18-13/h2-6,9-10,20H,1,7-8H2,(H,19,21). The van der Waals surface area contributed by atoms with Crippen LogP contribution in [0.2, 0.25) is 0 Å². The van der Waals surface area contributed by atoms with Gasteiger partial charge in [-0.05, 0) is 43.0 Å². The van der Waals surface area contributed by atoms with Gasteiger partial charge in [-0.3, -0.25) is 10.2 Å². The normalized spacial score (nSPS) is 16.0. The number of hydrazine groups is 1. The van der Waals surface area contributed by atoms with Crippen molar-refractivity contribution >= 4 is 5.91 Å². The number of amides is 1. The van der Waals surface area contributed by atoms with Crippen molar-refractivity contribution < 1.29 is 9.18 Å². The lowest BCUT2D eigenvalue weighted by molar-refractivity contribution is 0.0842. The molecule has 1 aliphatic carbocycles. The molecule has 0 radical (unpaired) electrons. The number of nitrogens with one attached hydrogen (secondary N) is 2. The van der Waals surface area contributed by atoms with E-state index in [1.807, 2.05) is 0 Å². The Kier molecular flexibility index (Phi) is 3.62. The Labute approximate surface area is 121 Å². The molecule has 1 fully saturated rings. The summed E-state index contributed by atoms with van der Waals surface area (Å²) < 4.78 is 13.0. The molecule has 6 heteroatoms. The van der Waals surface area contributed by atoms with Crippen molar-refractivity contribution in [3.05, 3.63) is 59.9 Å². The smallest absolute Gasteiger partial charge is 0.284 e. The van der Waals surface area contributed by atoms with Gasteiger partial charge in [0.2, 0.25) is 0 Å². The average molecular weight is 286 g/mol. The van der Waals surface area contributed by atoms with E-state index in [4.69, 9.17) is 0 Å². The molecule has 21 heavy (non-hydrogen) atoms. The molecule has 2 aromatic rings. The molecule has 1 saturated carbocycles. The van der Waals surface area contributed by atoms with Crippen molar-refractivity contribution in [1.82, 2.24) is 20.8 Å². The van der Waals surface area contributed by atoms with E-state index in [0.717, 1.165) is 24.8 Å². The van der Waals surface area contributed by atoms with E-state index < -0.39 is 0 Å². The van der Waals surface area contributed by atoms with E-state index in [9.17, 15) is 9.18 Å². The zero-order valence-corrected chi connectivity index (χ0v) is 11.3. The summed E-state index contributed by atoms with van der Waals surface area (Å²) in [7, 11) is 0. The fraction of sp³-hybridized carbons (Fsp3) is 0.267. The number of halogens is 1. The van der Waals surface area contributed by atoms with E-state index in [2.05, 4.69) is 20.8 Å². The third-order valence-corrected chi connectivity index (χ3v) is 3.83. The quantitative estimate of drug-likeness (QED) is 0.843. The van der Waals surface area contributed by atoms with Gasteiger partial charge in [0, 0.05) is 6.20 Å². The molecule has 2 N–H and O–H groups in total. The van der Waals surface area contributed by atoms with E-state index in [0.29, 0.717) is 5.69 Å². The van der Waals surface area contributed by atoms with Crippen molar-refractivity contribution in [2.75, 3.05) is 0 Å². The maximum absolute atomic E-state index is 13.0. The van der Waals surface area contributed by atoms with Gasteiger partial charge >= 0.3 is 0 Å².